The minimum Gasteiger partial charge on any atom is -0.486 e. The molecule has 28 heavy (non-hydrogen) atoms. The van der Waals surface area contributed by atoms with Crippen LogP contribution < -0.4 is 15.4 Å². The molecule has 0 aliphatic carbocycles. The summed E-state index contributed by atoms with van der Waals surface area (Å²) in [6, 6.07) is 2.90. The summed E-state index contributed by atoms with van der Waals surface area (Å²) in [5.41, 5.74) is -1.000. The van der Waals surface area contributed by atoms with Crippen molar-refractivity contribution in [2.75, 3.05) is 17.2 Å². The average Bonchev–Trinajstić information content (AvgIpc) is 2.51. The van der Waals surface area contributed by atoms with Crippen molar-refractivity contribution in [1.29, 1.82) is 0 Å². The number of hydrogen-bond donors (Lipinski definition) is 2. The fraction of sp³-hybridized carbons (Fsp3) is 0.444. The molecule has 2 rings (SSSR count). The Morgan fingerprint density at radius 2 is 1.82 bits per heavy atom. The maximum Gasteiger partial charge on any atom is 0.303 e. The number of pyridine rings is 1. The average molecular weight is 397 g/mol. The normalized spacial score (nSPS) is 11.9. The predicted octanol–water partition coefficient (Wildman–Crippen LogP) is 4.12. The number of aromatic nitrogens is 3. The van der Waals surface area contributed by atoms with Crippen molar-refractivity contribution in [1.82, 2.24) is 15.0 Å². The number of alkyl halides is 3. The quantitative estimate of drug-likeness (QED) is 0.731. The molecular formula is C18H22F3N5O2. The maximum absolute atomic E-state index is 13.8. The van der Waals surface area contributed by atoms with E-state index in [1.165, 1.54) is 39.1 Å². The number of ether oxygens (including phenoxy) is 1. The Kier molecular flexibility index (Phi) is 6.10. The van der Waals surface area contributed by atoms with Gasteiger partial charge in [-0.05, 0) is 20.8 Å². The van der Waals surface area contributed by atoms with Gasteiger partial charge in [-0.1, -0.05) is 0 Å². The SMILES string of the molecule is CC(=O)Nc1cc(Nc2cc(C)nc(C(C)(F)F)n2)c(OCC(C)(C)F)cn1. The third kappa shape index (κ3) is 6.36. The first-order valence-corrected chi connectivity index (χ1v) is 8.44. The van der Waals surface area contributed by atoms with E-state index in [0.717, 1.165) is 0 Å². The standard InChI is InChI=1S/C18H22F3N5O2/c1-10-6-15(26-16(23-10)18(5,20)21)25-12-7-14(24-11(2)27)22-8-13(12)28-9-17(3,4)19/h6-8H,9H2,1-5H3,(H2,22,23,24,25,26,27). The van der Waals surface area contributed by atoms with Gasteiger partial charge in [0.25, 0.3) is 0 Å². The fourth-order valence-corrected chi connectivity index (χ4v) is 2.12. The van der Waals surface area contributed by atoms with Gasteiger partial charge in [0, 0.05) is 31.7 Å². The molecule has 0 aliphatic rings. The summed E-state index contributed by atoms with van der Waals surface area (Å²) < 4.78 is 46.5. The number of halogens is 3. The van der Waals surface area contributed by atoms with Crippen molar-refractivity contribution in [2.24, 2.45) is 0 Å². The highest BCUT2D eigenvalue weighted by Gasteiger charge is 2.29. The summed E-state index contributed by atoms with van der Waals surface area (Å²) >= 11 is 0. The van der Waals surface area contributed by atoms with Crippen LogP contribution in [0.25, 0.3) is 0 Å². The number of rotatable bonds is 7. The van der Waals surface area contributed by atoms with Crippen LogP contribution in [0, 0.1) is 6.92 Å². The van der Waals surface area contributed by atoms with Crippen molar-refractivity contribution < 1.29 is 22.7 Å². The first-order valence-electron chi connectivity index (χ1n) is 8.44. The first kappa shape index (κ1) is 21.4. The molecule has 2 N–H and O–H groups in total. The number of carbonyl (C=O) groups excluding carboxylic acids is 1. The lowest BCUT2D eigenvalue weighted by Gasteiger charge is -2.19. The molecule has 0 spiro atoms. The van der Waals surface area contributed by atoms with Gasteiger partial charge in [0.15, 0.2) is 5.75 Å². The topological polar surface area (TPSA) is 89.0 Å². The number of nitrogens with one attached hydrogen (secondary N) is 2. The van der Waals surface area contributed by atoms with Gasteiger partial charge in [0.1, 0.15) is 23.9 Å². The van der Waals surface area contributed by atoms with E-state index in [0.29, 0.717) is 12.6 Å². The number of anilines is 3. The van der Waals surface area contributed by atoms with E-state index in [1.54, 1.807) is 6.92 Å². The van der Waals surface area contributed by atoms with Gasteiger partial charge in [0.05, 0.1) is 11.9 Å². The van der Waals surface area contributed by atoms with Crippen molar-refractivity contribution in [2.45, 2.75) is 46.2 Å². The van der Waals surface area contributed by atoms with Gasteiger partial charge in [-0.25, -0.2) is 19.3 Å². The minimum absolute atomic E-state index is 0.0911. The highest BCUT2D eigenvalue weighted by Crippen LogP contribution is 2.31. The molecule has 10 heteroatoms. The second kappa shape index (κ2) is 7.99. The van der Waals surface area contributed by atoms with Crippen LogP contribution in [0.15, 0.2) is 18.3 Å². The van der Waals surface area contributed by atoms with Crippen LogP contribution in [0.3, 0.4) is 0 Å². The van der Waals surface area contributed by atoms with E-state index in [1.807, 2.05) is 0 Å². The van der Waals surface area contributed by atoms with E-state index in [4.69, 9.17) is 4.74 Å². The van der Waals surface area contributed by atoms with E-state index in [9.17, 15) is 18.0 Å². The number of hydrogen-bond acceptors (Lipinski definition) is 6. The number of amides is 1. The molecule has 152 valence electrons. The molecule has 0 saturated carbocycles. The van der Waals surface area contributed by atoms with Crippen molar-refractivity contribution in [3.05, 3.63) is 29.8 Å². The summed E-state index contributed by atoms with van der Waals surface area (Å²) in [6.07, 6.45) is 1.29. The van der Waals surface area contributed by atoms with Crippen LogP contribution >= 0.6 is 0 Å². The van der Waals surface area contributed by atoms with Crippen molar-refractivity contribution in [3.63, 3.8) is 0 Å². The molecule has 0 saturated heterocycles. The van der Waals surface area contributed by atoms with Gasteiger partial charge in [-0.15, -0.1) is 0 Å². The molecule has 0 aromatic carbocycles. The Hall–Kier alpha value is -2.91. The van der Waals surface area contributed by atoms with Gasteiger partial charge < -0.3 is 15.4 Å². The molecule has 2 aromatic heterocycles. The molecule has 0 fully saturated rings. The van der Waals surface area contributed by atoms with Crippen LogP contribution in [0.5, 0.6) is 5.75 Å². The zero-order valence-corrected chi connectivity index (χ0v) is 16.2. The summed E-state index contributed by atoms with van der Waals surface area (Å²) in [5.74, 6) is -3.75. The highest BCUT2D eigenvalue weighted by atomic mass is 19.3. The first-order chi connectivity index (χ1) is 12.8. The highest BCUT2D eigenvalue weighted by molar-refractivity contribution is 5.88. The van der Waals surface area contributed by atoms with Gasteiger partial charge in [0.2, 0.25) is 11.7 Å². The smallest absolute Gasteiger partial charge is 0.303 e. The van der Waals surface area contributed by atoms with Crippen LogP contribution in [0.1, 0.15) is 39.2 Å². The minimum atomic E-state index is -3.22. The Morgan fingerprint density at radius 3 is 2.39 bits per heavy atom. The summed E-state index contributed by atoms with van der Waals surface area (Å²) in [6.45, 7) is 6.01. The van der Waals surface area contributed by atoms with E-state index < -0.39 is 17.4 Å². The lowest BCUT2D eigenvalue weighted by molar-refractivity contribution is -0.114. The van der Waals surface area contributed by atoms with Crippen LogP contribution in [-0.4, -0.2) is 33.1 Å². The monoisotopic (exact) mass is 397 g/mol. The Labute approximate surface area is 160 Å². The van der Waals surface area contributed by atoms with Crippen LogP contribution in [0.4, 0.5) is 30.5 Å². The van der Waals surface area contributed by atoms with Crippen LogP contribution in [-0.2, 0) is 10.7 Å². The zero-order chi connectivity index (χ0) is 21.1. The van der Waals surface area contributed by atoms with Gasteiger partial charge >= 0.3 is 5.92 Å². The van der Waals surface area contributed by atoms with Crippen molar-refractivity contribution in [3.8, 4) is 5.75 Å². The molecule has 0 radical (unpaired) electrons. The van der Waals surface area contributed by atoms with E-state index in [-0.39, 0.29) is 35.6 Å². The Bertz CT molecular complexity index is 863. The summed E-state index contributed by atoms with van der Waals surface area (Å²) in [5, 5.41) is 5.36. The number of nitrogens with zero attached hydrogens (tertiary/aromatic N) is 3. The van der Waals surface area contributed by atoms with Gasteiger partial charge in [-0.3, -0.25) is 4.79 Å². The molecule has 0 unspecified atom stereocenters. The summed E-state index contributed by atoms with van der Waals surface area (Å²) in [4.78, 5) is 22.9. The lowest BCUT2D eigenvalue weighted by Crippen LogP contribution is -2.23. The second-order valence-electron chi connectivity index (χ2n) is 6.99. The van der Waals surface area contributed by atoms with E-state index >= 15 is 0 Å². The third-order valence-corrected chi connectivity index (χ3v) is 3.25. The Balaban J connectivity index is 2.40. The molecule has 2 aromatic rings. The number of aryl methyl sites for hydroxylation is 1. The molecule has 2 heterocycles. The maximum atomic E-state index is 13.8. The molecule has 0 aliphatic heterocycles. The third-order valence-electron chi connectivity index (χ3n) is 3.25. The fourth-order valence-electron chi connectivity index (χ4n) is 2.12. The lowest BCUT2D eigenvalue weighted by atomic mass is 10.2. The largest absolute Gasteiger partial charge is 0.486 e. The second-order valence-corrected chi connectivity index (χ2v) is 6.99. The van der Waals surface area contributed by atoms with E-state index in [2.05, 4.69) is 25.6 Å². The number of carbonyl (C=O) groups is 1. The molecule has 1 amide bonds. The zero-order valence-electron chi connectivity index (χ0n) is 16.2. The Morgan fingerprint density at radius 1 is 1.14 bits per heavy atom. The molecule has 7 nitrogen and oxygen atoms in total. The molecule has 0 atom stereocenters. The van der Waals surface area contributed by atoms with Gasteiger partial charge in [-0.2, -0.15) is 8.78 Å². The molecular weight excluding hydrogens is 375 g/mol. The van der Waals surface area contributed by atoms with Crippen molar-refractivity contribution >= 4 is 23.2 Å². The molecule has 0 bridgehead atoms. The predicted molar refractivity (Wildman–Crippen MR) is 98.8 cm³/mol. The summed E-state index contributed by atoms with van der Waals surface area (Å²) in [7, 11) is 0. The van der Waals surface area contributed by atoms with Crippen LogP contribution in [0.2, 0.25) is 0 Å².